The first-order chi connectivity index (χ1) is 11.3. The highest BCUT2D eigenvalue weighted by Gasteiger charge is 2.23. The van der Waals surface area contributed by atoms with Gasteiger partial charge in [-0.25, -0.2) is 0 Å². The lowest BCUT2D eigenvalue weighted by molar-refractivity contribution is -0.0564. The summed E-state index contributed by atoms with van der Waals surface area (Å²) in [7, 11) is 0. The van der Waals surface area contributed by atoms with Crippen LogP contribution in [0.25, 0.3) is 0 Å². The number of piperidine rings is 1. The van der Waals surface area contributed by atoms with Crippen LogP contribution in [0.1, 0.15) is 50.5 Å². The molecule has 1 heterocycles. The Morgan fingerprint density at radius 1 is 0.957 bits per heavy atom. The molecule has 0 aromatic heterocycles. The van der Waals surface area contributed by atoms with Gasteiger partial charge in [-0.2, -0.15) is 0 Å². The molecule has 0 radical (unpaired) electrons. The SMILES string of the molecule is Cc1ccccc1OCCN1CCC(OC2CCCCC2)CC1. The number of ether oxygens (including phenoxy) is 2. The standard InChI is InChI=1S/C20H31NO2/c1-17-7-5-6-10-20(17)22-16-15-21-13-11-19(12-14-21)23-18-8-3-2-4-9-18/h5-7,10,18-19H,2-4,8-9,11-16H2,1H3. The molecular weight excluding hydrogens is 286 g/mol. The van der Waals surface area contributed by atoms with Gasteiger partial charge in [0.05, 0.1) is 12.2 Å². The van der Waals surface area contributed by atoms with Crippen LogP contribution in [-0.2, 0) is 4.74 Å². The van der Waals surface area contributed by atoms with Gasteiger partial charge in [-0.15, -0.1) is 0 Å². The third kappa shape index (κ3) is 5.22. The molecule has 0 amide bonds. The van der Waals surface area contributed by atoms with Gasteiger partial charge in [0.25, 0.3) is 0 Å². The van der Waals surface area contributed by atoms with Crippen molar-refractivity contribution in [1.82, 2.24) is 4.90 Å². The number of benzene rings is 1. The van der Waals surface area contributed by atoms with E-state index in [4.69, 9.17) is 9.47 Å². The Balaban J connectivity index is 1.32. The van der Waals surface area contributed by atoms with E-state index >= 15 is 0 Å². The molecule has 128 valence electrons. The second-order valence-corrected chi connectivity index (χ2v) is 7.05. The van der Waals surface area contributed by atoms with Crippen LogP contribution in [0.5, 0.6) is 5.75 Å². The molecule has 0 unspecified atom stereocenters. The third-order valence-corrected chi connectivity index (χ3v) is 5.23. The van der Waals surface area contributed by atoms with Crippen LogP contribution >= 0.6 is 0 Å². The minimum atomic E-state index is 0.492. The maximum atomic E-state index is 6.31. The van der Waals surface area contributed by atoms with Gasteiger partial charge in [0, 0.05) is 19.6 Å². The molecule has 1 aliphatic carbocycles. The fourth-order valence-electron chi connectivity index (χ4n) is 3.75. The average Bonchev–Trinajstić information content (AvgIpc) is 2.59. The van der Waals surface area contributed by atoms with E-state index in [-0.39, 0.29) is 0 Å². The van der Waals surface area contributed by atoms with E-state index in [2.05, 4.69) is 30.0 Å². The van der Waals surface area contributed by atoms with Gasteiger partial charge in [-0.1, -0.05) is 37.5 Å². The van der Waals surface area contributed by atoms with E-state index in [0.717, 1.165) is 32.0 Å². The molecule has 1 aliphatic heterocycles. The van der Waals surface area contributed by atoms with Crippen molar-refractivity contribution < 1.29 is 9.47 Å². The number of hydrogen-bond donors (Lipinski definition) is 0. The molecule has 1 aromatic rings. The summed E-state index contributed by atoms with van der Waals surface area (Å²) in [6.45, 7) is 6.19. The van der Waals surface area contributed by atoms with Crippen LogP contribution in [0.2, 0.25) is 0 Å². The first-order valence-corrected chi connectivity index (χ1v) is 9.37. The summed E-state index contributed by atoms with van der Waals surface area (Å²) in [5.41, 5.74) is 1.21. The van der Waals surface area contributed by atoms with E-state index in [9.17, 15) is 0 Å². The first-order valence-electron chi connectivity index (χ1n) is 9.37. The quantitative estimate of drug-likeness (QED) is 0.785. The van der Waals surface area contributed by atoms with Crippen molar-refractivity contribution in [1.29, 1.82) is 0 Å². The van der Waals surface area contributed by atoms with Crippen molar-refractivity contribution >= 4 is 0 Å². The summed E-state index contributed by atoms with van der Waals surface area (Å²) >= 11 is 0. The number of aryl methyl sites for hydroxylation is 1. The van der Waals surface area contributed by atoms with Gasteiger partial charge in [0.15, 0.2) is 0 Å². The summed E-state index contributed by atoms with van der Waals surface area (Å²) in [5.74, 6) is 1.02. The predicted octanol–water partition coefficient (Wildman–Crippen LogP) is 4.19. The van der Waals surface area contributed by atoms with E-state index in [1.54, 1.807) is 0 Å². The Kier molecular flexibility index (Phi) is 6.35. The lowest BCUT2D eigenvalue weighted by Crippen LogP contribution is -2.40. The van der Waals surface area contributed by atoms with Gasteiger partial charge in [-0.05, 0) is 44.2 Å². The van der Waals surface area contributed by atoms with Crippen molar-refractivity contribution in [3.8, 4) is 5.75 Å². The molecule has 3 rings (SSSR count). The number of likely N-dealkylation sites (tertiary alicyclic amines) is 1. The van der Waals surface area contributed by atoms with Gasteiger partial charge in [0.1, 0.15) is 12.4 Å². The maximum Gasteiger partial charge on any atom is 0.122 e. The van der Waals surface area contributed by atoms with Crippen molar-refractivity contribution in [2.24, 2.45) is 0 Å². The molecule has 2 aliphatic rings. The molecule has 3 heteroatoms. The Morgan fingerprint density at radius 2 is 1.65 bits per heavy atom. The summed E-state index contributed by atoms with van der Waals surface area (Å²) < 4.78 is 12.2. The van der Waals surface area contributed by atoms with Gasteiger partial charge < -0.3 is 9.47 Å². The minimum Gasteiger partial charge on any atom is -0.492 e. The van der Waals surface area contributed by atoms with Crippen LogP contribution in [0, 0.1) is 6.92 Å². The van der Waals surface area contributed by atoms with E-state index < -0.39 is 0 Å². The topological polar surface area (TPSA) is 21.7 Å². The predicted molar refractivity (Wildman–Crippen MR) is 94.1 cm³/mol. The van der Waals surface area contributed by atoms with E-state index in [1.807, 2.05) is 6.07 Å². The molecule has 0 atom stereocenters. The summed E-state index contributed by atoms with van der Waals surface area (Å²) in [5, 5.41) is 0. The van der Waals surface area contributed by atoms with Gasteiger partial charge >= 0.3 is 0 Å². The van der Waals surface area contributed by atoms with Crippen LogP contribution < -0.4 is 4.74 Å². The third-order valence-electron chi connectivity index (χ3n) is 5.23. The zero-order valence-corrected chi connectivity index (χ0v) is 14.5. The highest BCUT2D eigenvalue weighted by Crippen LogP contribution is 2.24. The van der Waals surface area contributed by atoms with E-state index in [1.165, 1.54) is 50.5 Å². The van der Waals surface area contributed by atoms with E-state index in [0.29, 0.717) is 12.2 Å². The van der Waals surface area contributed by atoms with Crippen molar-refractivity contribution in [3.63, 3.8) is 0 Å². The number of nitrogens with zero attached hydrogens (tertiary/aromatic N) is 1. The highest BCUT2D eigenvalue weighted by atomic mass is 16.5. The highest BCUT2D eigenvalue weighted by molar-refractivity contribution is 5.31. The minimum absolute atomic E-state index is 0.492. The molecule has 0 spiro atoms. The Bertz CT molecular complexity index is 462. The van der Waals surface area contributed by atoms with Crippen molar-refractivity contribution in [3.05, 3.63) is 29.8 Å². The Hall–Kier alpha value is -1.06. The lowest BCUT2D eigenvalue weighted by atomic mass is 9.97. The van der Waals surface area contributed by atoms with Crippen LogP contribution in [0.4, 0.5) is 0 Å². The Morgan fingerprint density at radius 3 is 2.39 bits per heavy atom. The number of rotatable bonds is 6. The molecule has 0 N–H and O–H groups in total. The normalized spacial score (nSPS) is 21.4. The van der Waals surface area contributed by atoms with Gasteiger partial charge in [0.2, 0.25) is 0 Å². The molecule has 1 saturated carbocycles. The largest absolute Gasteiger partial charge is 0.492 e. The Labute approximate surface area is 141 Å². The molecule has 23 heavy (non-hydrogen) atoms. The summed E-state index contributed by atoms with van der Waals surface area (Å²) in [6, 6.07) is 8.25. The zero-order valence-electron chi connectivity index (χ0n) is 14.5. The first kappa shape index (κ1) is 16.8. The smallest absolute Gasteiger partial charge is 0.122 e. The average molecular weight is 317 g/mol. The number of para-hydroxylation sites is 1. The van der Waals surface area contributed by atoms with Crippen LogP contribution in [0.3, 0.4) is 0 Å². The fraction of sp³-hybridized carbons (Fsp3) is 0.700. The maximum absolute atomic E-state index is 6.31. The number of hydrogen-bond acceptors (Lipinski definition) is 3. The zero-order chi connectivity index (χ0) is 15.9. The summed E-state index contributed by atoms with van der Waals surface area (Å²) in [6.07, 6.45) is 10.1. The molecule has 2 fully saturated rings. The van der Waals surface area contributed by atoms with Gasteiger partial charge in [-0.3, -0.25) is 4.90 Å². The van der Waals surface area contributed by atoms with Crippen LogP contribution in [-0.4, -0.2) is 43.3 Å². The molecule has 1 aromatic carbocycles. The lowest BCUT2D eigenvalue weighted by Gasteiger charge is -2.34. The monoisotopic (exact) mass is 317 g/mol. The molecule has 0 bridgehead atoms. The molecule has 3 nitrogen and oxygen atoms in total. The van der Waals surface area contributed by atoms with Crippen LogP contribution in [0.15, 0.2) is 24.3 Å². The van der Waals surface area contributed by atoms with Crippen molar-refractivity contribution in [2.75, 3.05) is 26.2 Å². The summed E-state index contributed by atoms with van der Waals surface area (Å²) in [4.78, 5) is 2.51. The molecule has 1 saturated heterocycles. The molecular formula is C20H31NO2. The van der Waals surface area contributed by atoms with Crippen molar-refractivity contribution in [2.45, 2.75) is 64.1 Å². The fourth-order valence-corrected chi connectivity index (χ4v) is 3.75. The second kappa shape index (κ2) is 8.70. The second-order valence-electron chi connectivity index (χ2n) is 7.05.